The number of nitrogens with zero attached hydrogens (tertiary/aromatic N) is 4. The first kappa shape index (κ1) is 21.6. The summed E-state index contributed by atoms with van der Waals surface area (Å²) in [6, 6.07) is 12.6. The van der Waals surface area contributed by atoms with Crippen LogP contribution in [0.25, 0.3) is 16.8 Å². The summed E-state index contributed by atoms with van der Waals surface area (Å²) in [6.45, 7) is 0.712. The molecule has 0 aliphatic carbocycles. The minimum absolute atomic E-state index is 0.100. The zero-order valence-electron chi connectivity index (χ0n) is 19.4. The van der Waals surface area contributed by atoms with E-state index in [1.54, 1.807) is 36.5 Å². The molecular weight excluding hydrogens is 447 g/mol. The molecule has 0 radical (unpaired) electrons. The predicted molar refractivity (Wildman–Crippen MR) is 128 cm³/mol. The number of hydrogen-bond acceptors (Lipinski definition) is 5. The Labute approximate surface area is 202 Å². The molecule has 1 amide bonds. The quantitative estimate of drug-likeness (QED) is 0.399. The SMILES string of the molecule is COc1cccc(Oc2ccc(-c3nc([C@@H]4CCC5CCC(=O)N5C4)n4ccncc34)cc2)c1F. The summed E-state index contributed by atoms with van der Waals surface area (Å²) in [5, 5.41) is 0. The van der Waals surface area contributed by atoms with Gasteiger partial charge in [-0.05, 0) is 55.7 Å². The summed E-state index contributed by atoms with van der Waals surface area (Å²) in [5.41, 5.74) is 2.64. The van der Waals surface area contributed by atoms with Crippen molar-refractivity contribution in [2.24, 2.45) is 0 Å². The van der Waals surface area contributed by atoms with E-state index >= 15 is 0 Å². The molecule has 6 rings (SSSR count). The van der Waals surface area contributed by atoms with Crippen molar-refractivity contribution in [3.05, 3.63) is 72.7 Å². The maximum Gasteiger partial charge on any atom is 0.222 e. The van der Waals surface area contributed by atoms with Crippen molar-refractivity contribution < 1.29 is 18.7 Å². The number of methoxy groups -OCH3 is 1. The van der Waals surface area contributed by atoms with Crippen LogP contribution in [0.2, 0.25) is 0 Å². The third-order valence-electron chi connectivity index (χ3n) is 7.06. The molecule has 178 valence electrons. The lowest BCUT2D eigenvalue weighted by atomic mass is 9.92. The van der Waals surface area contributed by atoms with E-state index in [1.165, 1.54) is 7.11 Å². The van der Waals surface area contributed by atoms with E-state index in [1.807, 2.05) is 29.4 Å². The summed E-state index contributed by atoms with van der Waals surface area (Å²) in [6.07, 6.45) is 9.15. The fourth-order valence-corrected chi connectivity index (χ4v) is 5.27. The topological polar surface area (TPSA) is 69.0 Å². The summed E-state index contributed by atoms with van der Waals surface area (Å²) in [4.78, 5) is 23.7. The van der Waals surface area contributed by atoms with Crippen molar-refractivity contribution in [2.45, 2.75) is 37.6 Å². The fraction of sp³-hybridized carbons (Fsp3) is 0.296. The van der Waals surface area contributed by atoms with Crippen LogP contribution in [0, 0.1) is 5.82 Å². The number of rotatable bonds is 5. The Morgan fingerprint density at radius 3 is 2.71 bits per heavy atom. The number of fused-ring (bicyclic) bond motifs is 2. The van der Waals surface area contributed by atoms with Crippen molar-refractivity contribution in [1.82, 2.24) is 19.3 Å². The third-order valence-corrected chi connectivity index (χ3v) is 7.06. The Balaban J connectivity index is 1.30. The number of benzene rings is 2. The van der Waals surface area contributed by atoms with Crippen molar-refractivity contribution in [3.63, 3.8) is 0 Å². The molecule has 4 aromatic rings. The number of piperidine rings is 1. The van der Waals surface area contributed by atoms with Crippen LogP contribution in [0.15, 0.2) is 61.1 Å². The lowest BCUT2D eigenvalue weighted by Crippen LogP contribution is -2.41. The molecule has 2 aliphatic rings. The van der Waals surface area contributed by atoms with Gasteiger partial charge in [0.15, 0.2) is 11.5 Å². The minimum atomic E-state index is -0.541. The lowest BCUT2D eigenvalue weighted by Gasteiger charge is -2.34. The lowest BCUT2D eigenvalue weighted by molar-refractivity contribution is -0.130. The van der Waals surface area contributed by atoms with Gasteiger partial charge in [0, 0.05) is 42.9 Å². The van der Waals surface area contributed by atoms with E-state index in [-0.39, 0.29) is 23.3 Å². The van der Waals surface area contributed by atoms with Gasteiger partial charge in [0.2, 0.25) is 11.7 Å². The summed E-state index contributed by atoms with van der Waals surface area (Å²) < 4.78 is 27.3. The monoisotopic (exact) mass is 472 g/mol. The summed E-state index contributed by atoms with van der Waals surface area (Å²) >= 11 is 0. The Morgan fingerprint density at radius 1 is 1.06 bits per heavy atom. The van der Waals surface area contributed by atoms with Crippen LogP contribution < -0.4 is 9.47 Å². The average molecular weight is 473 g/mol. The number of carbonyl (C=O) groups excluding carboxylic acids is 1. The van der Waals surface area contributed by atoms with Gasteiger partial charge >= 0.3 is 0 Å². The predicted octanol–water partition coefficient (Wildman–Crippen LogP) is 5.20. The Morgan fingerprint density at radius 2 is 1.89 bits per heavy atom. The number of halogens is 1. The minimum Gasteiger partial charge on any atom is -0.494 e. The van der Waals surface area contributed by atoms with Gasteiger partial charge in [-0.3, -0.25) is 14.2 Å². The molecule has 2 aromatic heterocycles. The van der Waals surface area contributed by atoms with E-state index < -0.39 is 5.82 Å². The number of amides is 1. The second kappa shape index (κ2) is 8.69. The first-order valence-corrected chi connectivity index (χ1v) is 11.8. The van der Waals surface area contributed by atoms with E-state index in [0.717, 1.165) is 41.9 Å². The molecule has 0 N–H and O–H groups in total. The molecule has 1 unspecified atom stereocenters. The van der Waals surface area contributed by atoms with Gasteiger partial charge < -0.3 is 14.4 Å². The molecular formula is C27H25FN4O3. The highest BCUT2D eigenvalue weighted by Crippen LogP contribution is 2.37. The van der Waals surface area contributed by atoms with Crippen molar-refractivity contribution in [2.75, 3.05) is 13.7 Å². The smallest absolute Gasteiger partial charge is 0.222 e. The third kappa shape index (κ3) is 3.79. The zero-order valence-corrected chi connectivity index (χ0v) is 19.4. The second-order valence-corrected chi connectivity index (χ2v) is 9.06. The van der Waals surface area contributed by atoms with Crippen molar-refractivity contribution in [1.29, 1.82) is 0 Å². The van der Waals surface area contributed by atoms with Crippen LogP contribution in [-0.2, 0) is 4.79 Å². The van der Waals surface area contributed by atoms with Gasteiger partial charge in [-0.1, -0.05) is 6.07 Å². The van der Waals surface area contributed by atoms with Crippen LogP contribution in [0.3, 0.4) is 0 Å². The summed E-state index contributed by atoms with van der Waals surface area (Å²) in [7, 11) is 1.42. The van der Waals surface area contributed by atoms with Crippen LogP contribution >= 0.6 is 0 Å². The van der Waals surface area contributed by atoms with Crippen molar-refractivity contribution in [3.8, 4) is 28.5 Å². The first-order valence-electron chi connectivity index (χ1n) is 11.8. The van der Waals surface area contributed by atoms with Crippen molar-refractivity contribution >= 4 is 11.4 Å². The van der Waals surface area contributed by atoms with E-state index in [2.05, 4.69) is 9.38 Å². The van der Waals surface area contributed by atoms with Gasteiger partial charge in [-0.15, -0.1) is 0 Å². The zero-order chi connectivity index (χ0) is 23.9. The normalized spacial score (nSPS) is 19.7. The molecule has 35 heavy (non-hydrogen) atoms. The average Bonchev–Trinajstić information content (AvgIpc) is 3.46. The molecule has 8 heteroatoms. The van der Waals surface area contributed by atoms with Gasteiger partial charge in [0.1, 0.15) is 11.6 Å². The van der Waals surface area contributed by atoms with E-state index in [9.17, 15) is 9.18 Å². The largest absolute Gasteiger partial charge is 0.494 e. The molecule has 0 spiro atoms. The molecule has 7 nitrogen and oxygen atoms in total. The highest BCUT2D eigenvalue weighted by molar-refractivity contribution is 5.79. The summed E-state index contributed by atoms with van der Waals surface area (Å²) in [5.74, 6) is 1.58. The molecule has 4 heterocycles. The van der Waals surface area contributed by atoms with E-state index in [4.69, 9.17) is 14.5 Å². The van der Waals surface area contributed by atoms with E-state index in [0.29, 0.717) is 24.8 Å². The maximum atomic E-state index is 14.5. The number of imidazole rings is 1. The molecule has 2 atom stereocenters. The van der Waals surface area contributed by atoms with Crippen LogP contribution in [0.5, 0.6) is 17.2 Å². The molecule has 2 aliphatic heterocycles. The van der Waals surface area contributed by atoms with Gasteiger partial charge in [0.25, 0.3) is 0 Å². The molecule has 0 bridgehead atoms. The molecule has 2 aromatic carbocycles. The van der Waals surface area contributed by atoms with Gasteiger partial charge in [-0.25, -0.2) is 4.98 Å². The molecule has 0 saturated carbocycles. The number of aromatic nitrogens is 3. The van der Waals surface area contributed by atoms with Crippen LogP contribution in [0.1, 0.15) is 37.4 Å². The number of ether oxygens (including phenoxy) is 2. The highest BCUT2D eigenvalue weighted by atomic mass is 19.1. The van der Waals surface area contributed by atoms with Crippen LogP contribution in [0.4, 0.5) is 4.39 Å². The standard InChI is InChI=1S/C27H25FN4O3/c1-34-22-3-2-4-23(25(22)28)35-20-10-6-17(7-11-20)26-21-15-29-13-14-31(21)27(30-26)18-5-8-19-9-12-24(33)32(19)16-18/h2-4,6-7,10-11,13-15,18-19H,5,8-9,12,16H2,1H3/t18-,19?/m1/s1. The number of carbonyl (C=O) groups is 1. The Hall–Kier alpha value is -3.94. The molecule has 2 fully saturated rings. The Bertz CT molecular complexity index is 1400. The second-order valence-electron chi connectivity index (χ2n) is 9.06. The maximum absolute atomic E-state index is 14.5. The van der Waals surface area contributed by atoms with Gasteiger partial charge in [-0.2, -0.15) is 4.39 Å². The molecule has 2 saturated heterocycles. The number of hydrogen-bond donors (Lipinski definition) is 0. The highest BCUT2D eigenvalue weighted by Gasteiger charge is 2.38. The fourth-order valence-electron chi connectivity index (χ4n) is 5.27. The first-order chi connectivity index (χ1) is 17.1. The Kier molecular flexibility index (Phi) is 5.36. The van der Waals surface area contributed by atoms with Gasteiger partial charge in [0.05, 0.1) is 24.5 Å². The van der Waals surface area contributed by atoms with Crippen LogP contribution in [-0.4, -0.2) is 44.9 Å².